The van der Waals surface area contributed by atoms with Gasteiger partial charge in [0.1, 0.15) is 6.61 Å². The fourth-order valence-corrected chi connectivity index (χ4v) is 5.12. The third-order valence-electron chi connectivity index (χ3n) is 6.73. The van der Waals surface area contributed by atoms with E-state index in [2.05, 4.69) is 6.92 Å². The Morgan fingerprint density at radius 2 is 2.06 bits per heavy atom. The lowest BCUT2D eigenvalue weighted by molar-refractivity contribution is -0.159. The first kappa shape index (κ1) is 20.0. The number of rotatable bonds is 4. The highest BCUT2D eigenvalue weighted by atomic mass is 16.7. The van der Waals surface area contributed by atoms with E-state index >= 15 is 0 Å². The van der Waals surface area contributed by atoms with Gasteiger partial charge < -0.3 is 29.2 Å². The molecule has 1 unspecified atom stereocenters. The van der Waals surface area contributed by atoms with E-state index in [-0.39, 0.29) is 19.0 Å². The van der Waals surface area contributed by atoms with Gasteiger partial charge in [-0.15, -0.1) is 0 Å². The molecule has 0 saturated heterocycles. The van der Waals surface area contributed by atoms with Gasteiger partial charge >= 0.3 is 5.97 Å². The number of carbonyl (C=O) groups excluding carboxylic acids is 1. The Hall–Kier alpha value is -3.59. The standard InChI is InChI=1S/C24H23N3O6/c1-3-4-5-11-13-8-27-16(6-12-14(23(27)28)9-31-24(29)21(12)30-2)20(13)26-15-7-17-22(33-10-32-17)19(25)18(11)15/h6-7,21H,3-5,8-10,25H2,1-2H3. The molecule has 0 radical (unpaired) electrons. The summed E-state index contributed by atoms with van der Waals surface area (Å²) < 4.78 is 23.4. The third-order valence-corrected chi connectivity index (χ3v) is 6.73. The molecule has 0 fully saturated rings. The molecule has 0 amide bonds. The third kappa shape index (κ3) is 2.72. The first-order valence-corrected chi connectivity index (χ1v) is 11.0. The van der Waals surface area contributed by atoms with Crippen molar-refractivity contribution in [3.63, 3.8) is 0 Å². The predicted octanol–water partition coefficient (Wildman–Crippen LogP) is 2.82. The number of ether oxygens (including phenoxy) is 4. The van der Waals surface area contributed by atoms with E-state index in [4.69, 9.17) is 29.7 Å². The number of anilines is 1. The van der Waals surface area contributed by atoms with Crippen LogP contribution in [0.15, 0.2) is 16.9 Å². The number of hydrogen-bond donors (Lipinski definition) is 1. The number of nitrogen functional groups attached to an aromatic ring is 1. The summed E-state index contributed by atoms with van der Waals surface area (Å²) in [6, 6.07) is 3.69. The van der Waals surface area contributed by atoms with Gasteiger partial charge in [-0.05, 0) is 24.5 Å². The van der Waals surface area contributed by atoms with Crippen LogP contribution in [-0.2, 0) is 33.8 Å². The zero-order valence-electron chi connectivity index (χ0n) is 18.4. The van der Waals surface area contributed by atoms with Gasteiger partial charge in [0, 0.05) is 29.7 Å². The van der Waals surface area contributed by atoms with E-state index in [1.54, 1.807) is 4.57 Å². The summed E-state index contributed by atoms with van der Waals surface area (Å²) in [7, 11) is 1.43. The molecule has 33 heavy (non-hydrogen) atoms. The van der Waals surface area contributed by atoms with Crippen LogP contribution in [0.2, 0.25) is 0 Å². The molecule has 3 aliphatic rings. The van der Waals surface area contributed by atoms with E-state index in [9.17, 15) is 9.59 Å². The Morgan fingerprint density at radius 1 is 1.21 bits per heavy atom. The van der Waals surface area contributed by atoms with Crippen molar-refractivity contribution in [1.29, 1.82) is 0 Å². The van der Waals surface area contributed by atoms with E-state index < -0.39 is 12.1 Å². The van der Waals surface area contributed by atoms with Gasteiger partial charge in [-0.25, -0.2) is 9.78 Å². The Balaban J connectivity index is 1.64. The van der Waals surface area contributed by atoms with Crippen LogP contribution in [0.3, 0.4) is 0 Å². The molecule has 0 bridgehead atoms. The van der Waals surface area contributed by atoms with E-state index in [0.717, 1.165) is 41.5 Å². The molecule has 1 atom stereocenters. The van der Waals surface area contributed by atoms with Gasteiger partial charge in [-0.2, -0.15) is 0 Å². The number of hydrogen-bond acceptors (Lipinski definition) is 8. The maximum absolute atomic E-state index is 13.4. The first-order valence-electron chi connectivity index (χ1n) is 11.0. The smallest absolute Gasteiger partial charge is 0.340 e. The zero-order valence-corrected chi connectivity index (χ0v) is 18.4. The molecule has 3 aliphatic heterocycles. The summed E-state index contributed by atoms with van der Waals surface area (Å²) in [6.45, 7) is 2.59. The van der Waals surface area contributed by atoms with Crippen LogP contribution in [0.4, 0.5) is 5.69 Å². The Morgan fingerprint density at radius 3 is 2.85 bits per heavy atom. The molecule has 3 aromatic rings. The minimum atomic E-state index is -0.930. The predicted molar refractivity (Wildman–Crippen MR) is 119 cm³/mol. The SMILES string of the molecule is CCCCc1c2c(nc3cc4c(c(N)c13)OCO4)-c1cc3c(c(=O)n1C2)COC(=O)C3OC. The van der Waals surface area contributed by atoms with Crippen LogP contribution in [0.25, 0.3) is 22.3 Å². The molecule has 0 aliphatic carbocycles. The molecule has 2 N–H and O–H groups in total. The Labute approximate surface area is 189 Å². The lowest BCUT2D eigenvalue weighted by Crippen LogP contribution is -2.33. The second-order valence-electron chi connectivity index (χ2n) is 8.52. The number of aromatic nitrogens is 2. The molecular weight excluding hydrogens is 426 g/mol. The second-order valence-corrected chi connectivity index (χ2v) is 8.52. The zero-order chi connectivity index (χ0) is 22.9. The lowest BCUT2D eigenvalue weighted by Gasteiger charge is -2.24. The number of unbranched alkanes of at least 4 members (excludes halogenated alkanes) is 1. The van der Waals surface area contributed by atoms with Gasteiger partial charge in [0.25, 0.3) is 5.56 Å². The number of fused-ring (bicyclic) bond motifs is 6. The van der Waals surface area contributed by atoms with E-state index in [1.165, 1.54) is 7.11 Å². The monoisotopic (exact) mass is 449 g/mol. The van der Waals surface area contributed by atoms with Crippen molar-refractivity contribution >= 4 is 22.6 Å². The maximum Gasteiger partial charge on any atom is 0.340 e. The van der Waals surface area contributed by atoms with Gasteiger partial charge in [-0.1, -0.05) is 13.3 Å². The van der Waals surface area contributed by atoms with Gasteiger partial charge in [-0.3, -0.25) is 4.79 Å². The van der Waals surface area contributed by atoms with Crippen LogP contribution >= 0.6 is 0 Å². The average Bonchev–Trinajstić information content (AvgIpc) is 3.42. The number of benzene rings is 1. The summed E-state index contributed by atoms with van der Waals surface area (Å²) in [5, 5.41) is 0.852. The molecule has 9 heteroatoms. The molecule has 6 rings (SSSR count). The number of carbonyl (C=O) groups is 1. The Bertz CT molecular complexity index is 1410. The molecular formula is C24H23N3O6. The van der Waals surface area contributed by atoms with Crippen LogP contribution in [0, 0.1) is 0 Å². The van der Waals surface area contributed by atoms with Crippen molar-refractivity contribution in [3.8, 4) is 22.9 Å². The van der Waals surface area contributed by atoms with Crippen molar-refractivity contribution in [2.75, 3.05) is 19.6 Å². The van der Waals surface area contributed by atoms with Crippen molar-refractivity contribution in [2.24, 2.45) is 0 Å². The molecule has 5 heterocycles. The first-order chi connectivity index (χ1) is 16.0. The van der Waals surface area contributed by atoms with Gasteiger partial charge in [0.2, 0.25) is 6.79 Å². The minimum Gasteiger partial charge on any atom is -0.458 e. The van der Waals surface area contributed by atoms with Crippen LogP contribution < -0.4 is 20.8 Å². The normalized spacial score (nSPS) is 17.6. The maximum atomic E-state index is 13.4. The largest absolute Gasteiger partial charge is 0.458 e. The Kier molecular flexibility index (Phi) is 4.38. The highest BCUT2D eigenvalue weighted by Gasteiger charge is 2.36. The van der Waals surface area contributed by atoms with Crippen molar-refractivity contribution in [3.05, 3.63) is 44.7 Å². The van der Waals surface area contributed by atoms with E-state index in [0.29, 0.717) is 46.1 Å². The summed E-state index contributed by atoms with van der Waals surface area (Å²) in [5.74, 6) is 0.615. The van der Waals surface area contributed by atoms with Crippen molar-refractivity contribution < 1.29 is 23.7 Å². The molecule has 0 saturated carbocycles. The number of nitrogens with zero attached hydrogens (tertiary/aromatic N) is 2. The van der Waals surface area contributed by atoms with Crippen molar-refractivity contribution in [2.45, 2.75) is 45.4 Å². The number of pyridine rings is 2. The second kappa shape index (κ2) is 7.21. The number of methoxy groups -OCH3 is 1. The highest BCUT2D eigenvalue weighted by Crippen LogP contribution is 2.47. The van der Waals surface area contributed by atoms with E-state index in [1.807, 2.05) is 12.1 Å². The number of aryl methyl sites for hydroxylation is 1. The van der Waals surface area contributed by atoms with Gasteiger partial charge in [0.05, 0.1) is 34.7 Å². The van der Waals surface area contributed by atoms with Crippen LogP contribution in [0.5, 0.6) is 11.5 Å². The summed E-state index contributed by atoms with van der Waals surface area (Å²) in [4.78, 5) is 30.6. The van der Waals surface area contributed by atoms with Gasteiger partial charge in [0.15, 0.2) is 17.6 Å². The fourth-order valence-electron chi connectivity index (χ4n) is 5.12. The van der Waals surface area contributed by atoms with Crippen molar-refractivity contribution in [1.82, 2.24) is 9.55 Å². The highest BCUT2D eigenvalue weighted by molar-refractivity contribution is 6.01. The minimum absolute atomic E-state index is 0.0596. The quantitative estimate of drug-likeness (QED) is 0.374. The fraction of sp³-hybridized carbons (Fsp3) is 0.375. The summed E-state index contributed by atoms with van der Waals surface area (Å²) in [5.41, 5.74) is 12.0. The molecule has 9 nitrogen and oxygen atoms in total. The lowest BCUT2D eigenvalue weighted by atomic mass is 9.94. The van der Waals surface area contributed by atoms with Crippen LogP contribution in [0.1, 0.15) is 48.1 Å². The number of cyclic esters (lactones) is 1. The van der Waals surface area contributed by atoms with Crippen LogP contribution in [-0.4, -0.2) is 29.4 Å². The molecule has 0 spiro atoms. The molecule has 1 aromatic carbocycles. The molecule has 170 valence electrons. The number of nitrogens with two attached hydrogens (primary N) is 1. The summed E-state index contributed by atoms with van der Waals surface area (Å²) in [6.07, 6.45) is 1.85. The molecule has 2 aromatic heterocycles. The average molecular weight is 449 g/mol. The summed E-state index contributed by atoms with van der Waals surface area (Å²) >= 11 is 0. The number of esters is 1. The topological polar surface area (TPSA) is 115 Å².